The fraction of sp³-hybridized carbons (Fsp3) is 0.600. The molecule has 1 heterocycles. The Morgan fingerprint density at radius 1 is 1.39 bits per heavy atom. The van der Waals surface area contributed by atoms with Crippen molar-refractivity contribution in [1.29, 1.82) is 0 Å². The molecule has 3 heteroatoms. The van der Waals surface area contributed by atoms with E-state index in [-0.39, 0.29) is 11.6 Å². The molecule has 1 aliphatic heterocycles. The van der Waals surface area contributed by atoms with E-state index in [2.05, 4.69) is 19.2 Å². The Balaban J connectivity index is 1.57. The molecule has 0 amide bonds. The minimum absolute atomic E-state index is 0.246. The summed E-state index contributed by atoms with van der Waals surface area (Å²) in [5, 5.41) is 4.45. The van der Waals surface area contributed by atoms with Gasteiger partial charge in [-0.15, -0.1) is 0 Å². The van der Waals surface area contributed by atoms with E-state index < -0.39 is 0 Å². The third-order valence-electron chi connectivity index (χ3n) is 4.15. The largest absolute Gasteiger partial charge is 0.488 e. The summed E-state index contributed by atoms with van der Waals surface area (Å²) in [5.74, 6) is 1.84. The zero-order valence-corrected chi connectivity index (χ0v) is 11.8. The molecule has 1 atom stereocenters. The van der Waals surface area contributed by atoms with Crippen molar-refractivity contribution in [2.24, 2.45) is 5.92 Å². The molecular weight excluding hydrogens is 246 g/mol. The van der Waals surface area contributed by atoms with E-state index in [1.807, 2.05) is 18.2 Å². The maximum Gasteiger partial charge on any atom is 0.123 e. The molecule has 0 bridgehead atoms. The van der Waals surface area contributed by atoms with Crippen molar-refractivity contribution in [3.8, 4) is 5.75 Å². The zero-order chi connectivity index (χ0) is 12.8. The summed E-state index contributed by atoms with van der Waals surface area (Å²) in [7, 11) is 0. The van der Waals surface area contributed by atoms with Gasteiger partial charge in [-0.25, -0.2) is 0 Å². The number of hydrogen-bond acceptors (Lipinski definition) is 2. The molecule has 18 heavy (non-hydrogen) atoms. The van der Waals surface area contributed by atoms with Crippen LogP contribution in [0, 0.1) is 5.92 Å². The Bertz CT molecular complexity index is 454. The van der Waals surface area contributed by atoms with Gasteiger partial charge in [0.15, 0.2) is 0 Å². The maximum atomic E-state index is 6.00. The summed E-state index contributed by atoms with van der Waals surface area (Å²) < 4.78 is 5.94. The smallest absolute Gasteiger partial charge is 0.123 e. The van der Waals surface area contributed by atoms with Crippen LogP contribution in [0.25, 0.3) is 0 Å². The van der Waals surface area contributed by atoms with Crippen LogP contribution in [0.5, 0.6) is 5.75 Å². The highest BCUT2D eigenvalue weighted by atomic mass is 35.5. The first-order valence-corrected chi connectivity index (χ1v) is 7.12. The quantitative estimate of drug-likeness (QED) is 0.901. The van der Waals surface area contributed by atoms with Gasteiger partial charge in [-0.3, -0.25) is 0 Å². The SMILES string of the molecule is CC(C)(NCC1Cc2cc(Cl)ccc2O1)C1CC1. The van der Waals surface area contributed by atoms with Crippen LogP contribution in [-0.4, -0.2) is 18.2 Å². The third-order valence-corrected chi connectivity index (χ3v) is 4.38. The predicted molar refractivity (Wildman–Crippen MR) is 74.4 cm³/mol. The molecular formula is C15H20ClNO. The number of hydrogen-bond donors (Lipinski definition) is 1. The highest BCUT2D eigenvalue weighted by Crippen LogP contribution is 2.39. The Kier molecular flexibility index (Phi) is 3.03. The molecule has 0 spiro atoms. The molecule has 0 aromatic heterocycles. The lowest BCUT2D eigenvalue weighted by atomic mass is 9.98. The molecule has 1 fully saturated rings. The lowest BCUT2D eigenvalue weighted by molar-refractivity contribution is 0.202. The van der Waals surface area contributed by atoms with Gasteiger partial charge in [0.2, 0.25) is 0 Å². The molecule has 2 aliphatic rings. The second kappa shape index (κ2) is 4.43. The van der Waals surface area contributed by atoms with Gasteiger partial charge in [0.25, 0.3) is 0 Å². The van der Waals surface area contributed by atoms with Gasteiger partial charge in [-0.2, -0.15) is 0 Å². The topological polar surface area (TPSA) is 21.3 Å². The van der Waals surface area contributed by atoms with E-state index in [4.69, 9.17) is 16.3 Å². The van der Waals surface area contributed by atoms with Crippen molar-refractivity contribution >= 4 is 11.6 Å². The number of ether oxygens (including phenoxy) is 1. The molecule has 1 unspecified atom stereocenters. The summed E-state index contributed by atoms with van der Waals surface area (Å²) in [5.41, 5.74) is 1.48. The molecule has 0 radical (unpaired) electrons. The molecule has 1 aliphatic carbocycles. The summed E-state index contributed by atoms with van der Waals surface area (Å²) in [4.78, 5) is 0. The molecule has 3 rings (SSSR count). The Morgan fingerprint density at radius 2 is 2.17 bits per heavy atom. The molecule has 1 saturated carbocycles. The third kappa shape index (κ3) is 2.50. The molecule has 1 aromatic carbocycles. The Hall–Kier alpha value is -0.730. The molecule has 2 nitrogen and oxygen atoms in total. The monoisotopic (exact) mass is 265 g/mol. The van der Waals surface area contributed by atoms with Gasteiger partial charge >= 0.3 is 0 Å². The minimum Gasteiger partial charge on any atom is -0.488 e. The van der Waals surface area contributed by atoms with E-state index in [1.165, 1.54) is 18.4 Å². The maximum absolute atomic E-state index is 6.00. The van der Waals surface area contributed by atoms with Crippen LogP contribution in [0.1, 0.15) is 32.3 Å². The van der Waals surface area contributed by atoms with Crippen molar-refractivity contribution in [3.63, 3.8) is 0 Å². The minimum atomic E-state index is 0.246. The summed E-state index contributed by atoms with van der Waals surface area (Å²) >= 11 is 6.00. The van der Waals surface area contributed by atoms with Gasteiger partial charge < -0.3 is 10.1 Å². The van der Waals surface area contributed by atoms with E-state index in [9.17, 15) is 0 Å². The number of halogens is 1. The van der Waals surface area contributed by atoms with Gasteiger partial charge in [0.05, 0.1) is 0 Å². The molecule has 98 valence electrons. The lowest BCUT2D eigenvalue weighted by Gasteiger charge is -2.27. The van der Waals surface area contributed by atoms with Gasteiger partial charge in [0.1, 0.15) is 11.9 Å². The van der Waals surface area contributed by atoms with Crippen LogP contribution in [0.15, 0.2) is 18.2 Å². The van der Waals surface area contributed by atoms with Crippen molar-refractivity contribution < 1.29 is 4.74 Å². The first-order valence-electron chi connectivity index (χ1n) is 6.75. The van der Waals surface area contributed by atoms with Crippen LogP contribution in [-0.2, 0) is 6.42 Å². The lowest BCUT2D eigenvalue weighted by Crippen LogP contribution is -2.46. The average molecular weight is 266 g/mol. The van der Waals surface area contributed by atoms with E-state index in [1.54, 1.807) is 0 Å². The zero-order valence-electron chi connectivity index (χ0n) is 11.0. The Morgan fingerprint density at radius 3 is 2.89 bits per heavy atom. The number of rotatable bonds is 4. The van der Waals surface area contributed by atoms with E-state index in [0.29, 0.717) is 0 Å². The fourth-order valence-electron chi connectivity index (χ4n) is 2.73. The van der Waals surface area contributed by atoms with Crippen LogP contribution >= 0.6 is 11.6 Å². The van der Waals surface area contributed by atoms with Crippen LogP contribution in [0.4, 0.5) is 0 Å². The van der Waals surface area contributed by atoms with E-state index >= 15 is 0 Å². The number of fused-ring (bicyclic) bond motifs is 1. The Labute approximate surface area is 114 Å². The fourth-order valence-corrected chi connectivity index (χ4v) is 2.92. The van der Waals surface area contributed by atoms with Crippen molar-refractivity contribution in [2.75, 3.05) is 6.54 Å². The highest BCUT2D eigenvalue weighted by molar-refractivity contribution is 6.30. The summed E-state index contributed by atoms with van der Waals surface area (Å²) in [6, 6.07) is 5.89. The van der Waals surface area contributed by atoms with Crippen molar-refractivity contribution in [2.45, 2.75) is 44.8 Å². The highest BCUT2D eigenvalue weighted by Gasteiger charge is 2.38. The summed E-state index contributed by atoms with van der Waals surface area (Å²) in [6.07, 6.45) is 3.93. The predicted octanol–water partition coefficient (Wildman–Crippen LogP) is 3.42. The van der Waals surface area contributed by atoms with Crippen LogP contribution < -0.4 is 10.1 Å². The second-order valence-electron chi connectivity index (χ2n) is 6.07. The van der Waals surface area contributed by atoms with Gasteiger partial charge in [-0.1, -0.05) is 11.6 Å². The first kappa shape index (κ1) is 12.3. The molecule has 1 N–H and O–H groups in total. The second-order valence-corrected chi connectivity index (χ2v) is 6.51. The van der Waals surface area contributed by atoms with Crippen LogP contribution in [0.3, 0.4) is 0 Å². The average Bonchev–Trinajstić information content (AvgIpc) is 3.09. The van der Waals surface area contributed by atoms with E-state index in [0.717, 1.165) is 29.7 Å². The van der Waals surface area contributed by atoms with Gasteiger partial charge in [0, 0.05) is 23.5 Å². The normalized spacial score (nSPS) is 22.7. The summed E-state index contributed by atoms with van der Waals surface area (Å²) in [6.45, 7) is 5.50. The van der Waals surface area contributed by atoms with Gasteiger partial charge in [-0.05, 0) is 56.4 Å². The van der Waals surface area contributed by atoms with Crippen molar-refractivity contribution in [3.05, 3.63) is 28.8 Å². The first-order chi connectivity index (χ1) is 8.54. The number of nitrogens with one attached hydrogen (secondary N) is 1. The molecule has 1 aromatic rings. The standard InChI is InChI=1S/C15H20ClNO/c1-15(2,11-3-4-11)17-9-13-8-10-7-12(16)5-6-14(10)18-13/h5-7,11,13,17H,3-4,8-9H2,1-2H3. The number of benzene rings is 1. The van der Waals surface area contributed by atoms with Crippen LogP contribution in [0.2, 0.25) is 5.02 Å². The molecule has 0 saturated heterocycles. The van der Waals surface area contributed by atoms with Crippen molar-refractivity contribution in [1.82, 2.24) is 5.32 Å².